The van der Waals surface area contributed by atoms with Crippen LogP contribution in [0.2, 0.25) is 0 Å². The molecule has 1 saturated carbocycles. The number of aromatic nitrogens is 2. The zero-order valence-corrected chi connectivity index (χ0v) is 11.5. The summed E-state index contributed by atoms with van der Waals surface area (Å²) in [7, 11) is 0. The second kappa shape index (κ2) is 6.20. The van der Waals surface area contributed by atoms with E-state index in [1.807, 2.05) is 12.1 Å². The fourth-order valence-electron chi connectivity index (χ4n) is 3.03. The maximum Gasteiger partial charge on any atom is 0.108 e. The first-order chi connectivity index (χ1) is 9.42. The second-order valence-corrected chi connectivity index (χ2v) is 5.66. The topological polar surface area (TPSA) is 40.7 Å². The Kier molecular flexibility index (Phi) is 4.13. The van der Waals surface area contributed by atoms with E-state index < -0.39 is 0 Å². The molecule has 0 unspecified atom stereocenters. The molecule has 3 heteroatoms. The fourth-order valence-corrected chi connectivity index (χ4v) is 3.03. The number of para-hydroxylation sites is 2. The molecule has 19 heavy (non-hydrogen) atoms. The SMILES string of the molecule is c1ccc2[nH]c(CCNCC3CCCCC3)nc2c1. The van der Waals surface area contributed by atoms with Gasteiger partial charge in [-0.3, -0.25) is 0 Å². The van der Waals surface area contributed by atoms with Crippen molar-refractivity contribution in [3.05, 3.63) is 30.1 Å². The molecule has 0 radical (unpaired) electrons. The van der Waals surface area contributed by atoms with E-state index in [1.165, 1.54) is 38.6 Å². The minimum Gasteiger partial charge on any atom is -0.342 e. The molecule has 1 aromatic carbocycles. The highest BCUT2D eigenvalue weighted by Crippen LogP contribution is 2.22. The Bertz CT molecular complexity index is 478. The molecule has 2 N–H and O–H groups in total. The van der Waals surface area contributed by atoms with Crippen molar-refractivity contribution in [1.29, 1.82) is 0 Å². The lowest BCUT2D eigenvalue weighted by molar-refractivity contribution is 0.343. The third kappa shape index (κ3) is 3.35. The molecule has 2 aromatic rings. The average molecular weight is 257 g/mol. The molecule has 1 aliphatic rings. The zero-order chi connectivity index (χ0) is 12.9. The molecular formula is C16H23N3. The van der Waals surface area contributed by atoms with E-state index >= 15 is 0 Å². The van der Waals surface area contributed by atoms with E-state index in [4.69, 9.17) is 0 Å². The molecule has 1 fully saturated rings. The maximum atomic E-state index is 4.60. The van der Waals surface area contributed by atoms with Crippen LogP contribution in [0, 0.1) is 5.92 Å². The van der Waals surface area contributed by atoms with Gasteiger partial charge in [0.15, 0.2) is 0 Å². The predicted octanol–water partition coefficient (Wildman–Crippen LogP) is 3.28. The maximum absolute atomic E-state index is 4.60. The van der Waals surface area contributed by atoms with E-state index in [9.17, 15) is 0 Å². The quantitative estimate of drug-likeness (QED) is 0.807. The molecular weight excluding hydrogens is 234 g/mol. The molecule has 1 heterocycles. The van der Waals surface area contributed by atoms with Crippen LogP contribution in [0.3, 0.4) is 0 Å². The Morgan fingerprint density at radius 3 is 2.84 bits per heavy atom. The summed E-state index contributed by atoms with van der Waals surface area (Å²) in [5.41, 5.74) is 2.22. The molecule has 3 nitrogen and oxygen atoms in total. The molecule has 102 valence electrons. The van der Waals surface area contributed by atoms with Crippen LogP contribution in [0.1, 0.15) is 37.9 Å². The van der Waals surface area contributed by atoms with Crippen molar-refractivity contribution in [2.24, 2.45) is 5.92 Å². The summed E-state index contributed by atoms with van der Waals surface area (Å²) in [6.45, 7) is 2.20. The molecule has 1 aliphatic carbocycles. The van der Waals surface area contributed by atoms with Crippen LogP contribution in [0.25, 0.3) is 11.0 Å². The lowest BCUT2D eigenvalue weighted by atomic mass is 9.89. The Morgan fingerprint density at radius 2 is 2.00 bits per heavy atom. The number of benzene rings is 1. The van der Waals surface area contributed by atoms with Crippen molar-refractivity contribution in [2.45, 2.75) is 38.5 Å². The van der Waals surface area contributed by atoms with Crippen LogP contribution >= 0.6 is 0 Å². The van der Waals surface area contributed by atoms with Crippen LogP contribution < -0.4 is 5.32 Å². The Morgan fingerprint density at radius 1 is 1.16 bits per heavy atom. The van der Waals surface area contributed by atoms with E-state index in [1.54, 1.807) is 0 Å². The number of nitrogens with one attached hydrogen (secondary N) is 2. The van der Waals surface area contributed by atoms with Gasteiger partial charge in [-0.1, -0.05) is 31.4 Å². The van der Waals surface area contributed by atoms with Crippen molar-refractivity contribution < 1.29 is 0 Å². The molecule has 0 atom stereocenters. The zero-order valence-electron chi connectivity index (χ0n) is 11.5. The summed E-state index contributed by atoms with van der Waals surface area (Å²) >= 11 is 0. The molecule has 1 aromatic heterocycles. The highest BCUT2D eigenvalue weighted by atomic mass is 14.9. The first-order valence-electron chi connectivity index (χ1n) is 7.56. The number of H-pyrrole nitrogens is 1. The van der Waals surface area contributed by atoms with Gasteiger partial charge in [0.05, 0.1) is 11.0 Å². The number of hydrogen-bond donors (Lipinski definition) is 2. The van der Waals surface area contributed by atoms with E-state index in [2.05, 4.69) is 27.4 Å². The summed E-state index contributed by atoms with van der Waals surface area (Å²) < 4.78 is 0. The van der Waals surface area contributed by atoms with Gasteiger partial charge < -0.3 is 10.3 Å². The van der Waals surface area contributed by atoms with Gasteiger partial charge in [-0.15, -0.1) is 0 Å². The van der Waals surface area contributed by atoms with Gasteiger partial charge in [-0.05, 0) is 37.4 Å². The first kappa shape index (κ1) is 12.7. The van der Waals surface area contributed by atoms with Crippen LogP contribution in [0.5, 0.6) is 0 Å². The van der Waals surface area contributed by atoms with E-state index in [0.717, 1.165) is 35.7 Å². The van der Waals surface area contributed by atoms with Gasteiger partial charge in [-0.25, -0.2) is 4.98 Å². The summed E-state index contributed by atoms with van der Waals surface area (Å²) in [5.74, 6) is 2.00. The molecule has 0 aliphatic heterocycles. The lowest BCUT2D eigenvalue weighted by Crippen LogP contribution is -2.26. The fraction of sp³-hybridized carbons (Fsp3) is 0.562. The van der Waals surface area contributed by atoms with E-state index in [0.29, 0.717) is 0 Å². The normalized spacial score (nSPS) is 17.1. The molecule has 0 amide bonds. The number of hydrogen-bond acceptors (Lipinski definition) is 2. The minimum atomic E-state index is 0.907. The second-order valence-electron chi connectivity index (χ2n) is 5.66. The van der Waals surface area contributed by atoms with Gasteiger partial charge in [-0.2, -0.15) is 0 Å². The third-order valence-electron chi connectivity index (χ3n) is 4.13. The highest BCUT2D eigenvalue weighted by Gasteiger charge is 2.12. The van der Waals surface area contributed by atoms with E-state index in [-0.39, 0.29) is 0 Å². The number of imidazole rings is 1. The monoisotopic (exact) mass is 257 g/mol. The van der Waals surface area contributed by atoms with Gasteiger partial charge in [0, 0.05) is 13.0 Å². The van der Waals surface area contributed by atoms with Gasteiger partial charge >= 0.3 is 0 Å². The van der Waals surface area contributed by atoms with Crippen LogP contribution in [0.4, 0.5) is 0 Å². The number of aromatic amines is 1. The van der Waals surface area contributed by atoms with Gasteiger partial charge in [0.1, 0.15) is 5.82 Å². The Labute approximate surface area is 114 Å². The van der Waals surface area contributed by atoms with Crippen molar-refractivity contribution in [3.8, 4) is 0 Å². The average Bonchev–Trinajstić information content (AvgIpc) is 2.87. The predicted molar refractivity (Wildman–Crippen MR) is 79.2 cm³/mol. The molecule has 0 bridgehead atoms. The largest absolute Gasteiger partial charge is 0.342 e. The molecule has 3 rings (SSSR count). The summed E-state index contributed by atoms with van der Waals surface area (Å²) in [4.78, 5) is 7.98. The smallest absolute Gasteiger partial charge is 0.108 e. The number of fused-ring (bicyclic) bond motifs is 1. The molecule has 0 saturated heterocycles. The Hall–Kier alpha value is -1.35. The van der Waals surface area contributed by atoms with Crippen molar-refractivity contribution in [2.75, 3.05) is 13.1 Å². The van der Waals surface area contributed by atoms with Gasteiger partial charge in [0.2, 0.25) is 0 Å². The lowest BCUT2D eigenvalue weighted by Gasteiger charge is -2.21. The highest BCUT2D eigenvalue weighted by molar-refractivity contribution is 5.74. The van der Waals surface area contributed by atoms with Crippen molar-refractivity contribution in [1.82, 2.24) is 15.3 Å². The number of rotatable bonds is 5. The summed E-state index contributed by atoms with van der Waals surface area (Å²) in [6, 6.07) is 8.23. The third-order valence-corrected chi connectivity index (χ3v) is 4.13. The Balaban J connectivity index is 1.44. The summed E-state index contributed by atoms with van der Waals surface area (Å²) in [6.07, 6.45) is 8.11. The first-order valence-corrected chi connectivity index (χ1v) is 7.56. The van der Waals surface area contributed by atoms with Crippen molar-refractivity contribution in [3.63, 3.8) is 0 Å². The molecule has 0 spiro atoms. The van der Waals surface area contributed by atoms with Crippen LogP contribution in [-0.4, -0.2) is 23.1 Å². The minimum absolute atomic E-state index is 0.907. The van der Waals surface area contributed by atoms with Crippen molar-refractivity contribution >= 4 is 11.0 Å². The summed E-state index contributed by atoms with van der Waals surface area (Å²) in [5, 5.41) is 3.59. The number of nitrogens with zero attached hydrogens (tertiary/aromatic N) is 1. The van der Waals surface area contributed by atoms with Crippen LogP contribution in [0.15, 0.2) is 24.3 Å². The standard InChI is InChI=1S/C16H23N3/c1-2-6-13(7-3-1)12-17-11-10-16-18-14-8-4-5-9-15(14)19-16/h4-5,8-9,13,17H,1-3,6-7,10-12H2,(H,18,19). The van der Waals surface area contributed by atoms with Gasteiger partial charge in [0.25, 0.3) is 0 Å². The van der Waals surface area contributed by atoms with Crippen LogP contribution in [-0.2, 0) is 6.42 Å².